The number of amides is 1. The van der Waals surface area contributed by atoms with E-state index < -0.39 is 0 Å². The summed E-state index contributed by atoms with van der Waals surface area (Å²) in [5.74, 6) is 0.746. The van der Waals surface area contributed by atoms with Crippen molar-refractivity contribution in [3.05, 3.63) is 58.7 Å². The van der Waals surface area contributed by atoms with E-state index in [2.05, 4.69) is 22.1 Å². The summed E-state index contributed by atoms with van der Waals surface area (Å²) in [5.41, 5.74) is 1.74. The molecule has 24 heavy (non-hydrogen) atoms. The lowest BCUT2D eigenvalue weighted by Gasteiger charge is -2.18. The average Bonchev–Trinajstić information content (AvgIpc) is 2.59. The van der Waals surface area contributed by atoms with Crippen molar-refractivity contribution in [2.75, 3.05) is 25.0 Å². The van der Waals surface area contributed by atoms with Gasteiger partial charge in [-0.05, 0) is 42.7 Å². The SMILES string of the molecule is CCCCN(C)c1cc(C(=O)NCCc2cccc(Cl)c2)ccn1. The molecule has 0 aliphatic rings. The van der Waals surface area contributed by atoms with E-state index in [1.54, 1.807) is 12.3 Å². The highest BCUT2D eigenvalue weighted by molar-refractivity contribution is 6.30. The molecule has 0 spiro atoms. The maximum Gasteiger partial charge on any atom is 0.251 e. The number of unbranched alkanes of at least 4 members (excludes halogenated alkanes) is 1. The first-order valence-corrected chi connectivity index (χ1v) is 8.67. The number of anilines is 1. The summed E-state index contributed by atoms with van der Waals surface area (Å²) in [7, 11) is 2.00. The Labute approximate surface area is 148 Å². The molecule has 0 saturated carbocycles. The number of carbonyl (C=O) groups is 1. The molecule has 0 aliphatic heterocycles. The fraction of sp³-hybridized carbons (Fsp3) is 0.368. The fourth-order valence-electron chi connectivity index (χ4n) is 2.39. The van der Waals surface area contributed by atoms with Gasteiger partial charge in [-0.15, -0.1) is 0 Å². The minimum Gasteiger partial charge on any atom is -0.360 e. The Morgan fingerprint density at radius 1 is 1.29 bits per heavy atom. The predicted molar refractivity (Wildman–Crippen MR) is 99.9 cm³/mol. The molecule has 0 unspecified atom stereocenters. The second-order valence-electron chi connectivity index (χ2n) is 5.81. The molecule has 0 atom stereocenters. The zero-order chi connectivity index (χ0) is 17.4. The summed E-state index contributed by atoms with van der Waals surface area (Å²) < 4.78 is 0. The lowest BCUT2D eigenvalue weighted by Crippen LogP contribution is -2.26. The third-order valence-corrected chi connectivity index (χ3v) is 4.07. The van der Waals surface area contributed by atoms with Crippen LogP contribution in [0.15, 0.2) is 42.6 Å². The van der Waals surface area contributed by atoms with Crippen molar-refractivity contribution in [1.29, 1.82) is 0 Å². The fourth-order valence-corrected chi connectivity index (χ4v) is 2.61. The van der Waals surface area contributed by atoms with Gasteiger partial charge in [-0.2, -0.15) is 0 Å². The Morgan fingerprint density at radius 3 is 2.88 bits per heavy atom. The van der Waals surface area contributed by atoms with Gasteiger partial charge in [-0.25, -0.2) is 4.98 Å². The number of nitrogens with zero attached hydrogens (tertiary/aromatic N) is 2. The molecular weight excluding hydrogens is 322 g/mol. The first-order chi connectivity index (χ1) is 11.6. The lowest BCUT2D eigenvalue weighted by molar-refractivity contribution is 0.0954. The molecule has 1 aromatic carbocycles. The van der Waals surface area contributed by atoms with Crippen LogP contribution in [-0.4, -0.2) is 31.0 Å². The molecule has 5 heteroatoms. The van der Waals surface area contributed by atoms with Gasteiger partial charge in [0, 0.05) is 36.9 Å². The van der Waals surface area contributed by atoms with Crippen molar-refractivity contribution in [3.63, 3.8) is 0 Å². The lowest BCUT2D eigenvalue weighted by atomic mass is 10.1. The number of hydrogen-bond acceptors (Lipinski definition) is 3. The molecule has 0 fully saturated rings. The maximum atomic E-state index is 12.3. The van der Waals surface area contributed by atoms with Gasteiger partial charge in [-0.3, -0.25) is 4.79 Å². The van der Waals surface area contributed by atoms with E-state index in [-0.39, 0.29) is 5.91 Å². The van der Waals surface area contributed by atoms with Gasteiger partial charge in [0.2, 0.25) is 0 Å². The number of carbonyl (C=O) groups excluding carboxylic acids is 1. The van der Waals surface area contributed by atoms with Crippen LogP contribution in [0.4, 0.5) is 5.82 Å². The van der Waals surface area contributed by atoms with E-state index in [0.29, 0.717) is 17.1 Å². The van der Waals surface area contributed by atoms with Gasteiger partial charge >= 0.3 is 0 Å². The van der Waals surface area contributed by atoms with Crippen LogP contribution in [0.5, 0.6) is 0 Å². The monoisotopic (exact) mass is 345 g/mol. The summed E-state index contributed by atoms with van der Waals surface area (Å²) >= 11 is 5.97. The van der Waals surface area contributed by atoms with Crippen LogP contribution in [0.2, 0.25) is 5.02 Å². The molecule has 1 amide bonds. The highest BCUT2D eigenvalue weighted by Gasteiger charge is 2.09. The van der Waals surface area contributed by atoms with Crippen molar-refractivity contribution in [1.82, 2.24) is 10.3 Å². The van der Waals surface area contributed by atoms with Crippen molar-refractivity contribution >= 4 is 23.3 Å². The van der Waals surface area contributed by atoms with Crippen LogP contribution >= 0.6 is 11.6 Å². The number of pyridine rings is 1. The third-order valence-electron chi connectivity index (χ3n) is 3.83. The molecule has 1 heterocycles. The molecule has 1 aromatic heterocycles. The largest absolute Gasteiger partial charge is 0.360 e. The smallest absolute Gasteiger partial charge is 0.251 e. The standard InChI is InChI=1S/C19H24ClN3O/c1-3-4-12-23(2)18-14-16(9-11-21-18)19(24)22-10-8-15-6-5-7-17(20)13-15/h5-7,9,11,13-14H,3-4,8,10,12H2,1-2H3,(H,22,24). The number of benzene rings is 1. The quantitative estimate of drug-likeness (QED) is 0.788. The summed E-state index contributed by atoms with van der Waals surface area (Å²) in [6.07, 6.45) is 4.67. The highest BCUT2D eigenvalue weighted by Crippen LogP contribution is 2.13. The van der Waals surface area contributed by atoms with Gasteiger partial charge in [0.1, 0.15) is 5.82 Å². The number of aromatic nitrogens is 1. The molecule has 128 valence electrons. The number of hydrogen-bond donors (Lipinski definition) is 1. The van der Waals surface area contributed by atoms with E-state index in [4.69, 9.17) is 11.6 Å². The number of nitrogens with one attached hydrogen (secondary N) is 1. The zero-order valence-corrected chi connectivity index (χ0v) is 15.0. The first-order valence-electron chi connectivity index (χ1n) is 8.30. The molecule has 4 nitrogen and oxygen atoms in total. The summed E-state index contributed by atoms with van der Waals surface area (Å²) in [4.78, 5) is 18.7. The second-order valence-corrected chi connectivity index (χ2v) is 6.25. The topological polar surface area (TPSA) is 45.2 Å². The van der Waals surface area contributed by atoms with E-state index in [1.807, 2.05) is 37.4 Å². The normalized spacial score (nSPS) is 10.5. The zero-order valence-electron chi connectivity index (χ0n) is 14.3. The van der Waals surface area contributed by atoms with Crippen molar-refractivity contribution in [3.8, 4) is 0 Å². The average molecular weight is 346 g/mol. The van der Waals surface area contributed by atoms with E-state index in [0.717, 1.165) is 37.2 Å². The van der Waals surface area contributed by atoms with Crippen LogP contribution in [0.25, 0.3) is 0 Å². The van der Waals surface area contributed by atoms with Crippen molar-refractivity contribution in [2.45, 2.75) is 26.2 Å². The number of halogens is 1. The van der Waals surface area contributed by atoms with Gasteiger partial charge in [-0.1, -0.05) is 37.1 Å². The Bertz CT molecular complexity index is 675. The molecule has 1 N–H and O–H groups in total. The molecule has 0 aliphatic carbocycles. The first kappa shape index (κ1) is 18.3. The van der Waals surface area contributed by atoms with E-state index in [1.165, 1.54) is 0 Å². The van der Waals surface area contributed by atoms with Crippen LogP contribution in [0.1, 0.15) is 35.7 Å². The minimum atomic E-state index is -0.0791. The van der Waals surface area contributed by atoms with Crippen LogP contribution in [-0.2, 0) is 6.42 Å². The van der Waals surface area contributed by atoms with Crippen molar-refractivity contribution < 1.29 is 4.79 Å². The molecule has 2 aromatic rings. The van der Waals surface area contributed by atoms with Gasteiger partial charge in [0.15, 0.2) is 0 Å². The highest BCUT2D eigenvalue weighted by atomic mass is 35.5. The van der Waals surface area contributed by atoms with Gasteiger partial charge in [0.25, 0.3) is 5.91 Å². The summed E-state index contributed by atoms with van der Waals surface area (Å²) in [6.45, 7) is 3.66. The molecule has 2 rings (SSSR count). The van der Waals surface area contributed by atoms with Gasteiger partial charge in [0.05, 0.1) is 0 Å². The Morgan fingerprint density at radius 2 is 2.12 bits per heavy atom. The van der Waals surface area contributed by atoms with Crippen LogP contribution in [0, 0.1) is 0 Å². The van der Waals surface area contributed by atoms with Crippen LogP contribution < -0.4 is 10.2 Å². The van der Waals surface area contributed by atoms with E-state index in [9.17, 15) is 4.79 Å². The predicted octanol–water partition coefficient (Wildman–Crippen LogP) is 3.94. The Balaban J connectivity index is 1.90. The summed E-state index contributed by atoms with van der Waals surface area (Å²) in [5, 5.41) is 3.66. The second kappa shape index (κ2) is 9.28. The minimum absolute atomic E-state index is 0.0791. The van der Waals surface area contributed by atoms with E-state index >= 15 is 0 Å². The molecule has 0 bridgehead atoms. The molecule has 0 saturated heterocycles. The van der Waals surface area contributed by atoms with Gasteiger partial charge < -0.3 is 10.2 Å². The third kappa shape index (κ3) is 5.53. The van der Waals surface area contributed by atoms with Crippen molar-refractivity contribution in [2.24, 2.45) is 0 Å². The molecule has 0 radical (unpaired) electrons. The Kier molecular flexibility index (Phi) is 7.07. The van der Waals surface area contributed by atoms with Crippen LogP contribution in [0.3, 0.4) is 0 Å². The molecular formula is C19H24ClN3O. The maximum absolute atomic E-state index is 12.3. The Hall–Kier alpha value is -2.07. The summed E-state index contributed by atoms with van der Waals surface area (Å²) in [6, 6.07) is 11.3. The number of rotatable bonds is 8.